The standard InChI is InChI=1S/C12H13N3S/c13-9-4-1-5-10-11(9)15-12(16-10)8-3-2-6-14-7-8/h2-3,6-7,9H,1,4-5,13H2. The minimum atomic E-state index is 0.130. The molecule has 4 heteroatoms. The lowest BCUT2D eigenvalue weighted by Crippen LogP contribution is -2.16. The first kappa shape index (κ1) is 9.93. The number of hydrogen-bond donors (Lipinski definition) is 1. The summed E-state index contributed by atoms with van der Waals surface area (Å²) in [6.45, 7) is 0. The fourth-order valence-corrected chi connectivity index (χ4v) is 3.23. The van der Waals surface area contributed by atoms with E-state index in [4.69, 9.17) is 5.73 Å². The predicted molar refractivity (Wildman–Crippen MR) is 65.2 cm³/mol. The highest BCUT2D eigenvalue weighted by molar-refractivity contribution is 7.15. The molecule has 0 saturated carbocycles. The van der Waals surface area contributed by atoms with Gasteiger partial charge in [0.05, 0.1) is 5.69 Å². The van der Waals surface area contributed by atoms with Crippen LogP contribution in [-0.4, -0.2) is 9.97 Å². The molecule has 0 spiro atoms. The molecular formula is C12H13N3S. The molecule has 0 aromatic carbocycles. The molecule has 0 fully saturated rings. The normalized spacial score (nSPS) is 19.4. The molecule has 3 rings (SSSR count). The third-order valence-corrected chi connectivity index (χ3v) is 4.09. The number of pyridine rings is 1. The van der Waals surface area contributed by atoms with Gasteiger partial charge < -0.3 is 5.73 Å². The van der Waals surface area contributed by atoms with E-state index in [0.717, 1.165) is 29.1 Å². The summed E-state index contributed by atoms with van der Waals surface area (Å²) in [7, 11) is 0. The zero-order valence-corrected chi connectivity index (χ0v) is 9.70. The molecule has 2 aromatic heterocycles. The van der Waals surface area contributed by atoms with Crippen LogP contribution in [0.1, 0.15) is 29.5 Å². The van der Waals surface area contributed by atoms with Crippen molar-refractivity contribution < 1.29 is 0 Å². The topological polar surface area (TPSA) is 51.8 Å². The average molecular weight is 231 g/mol. The molecule has 1 aliphatic rings. The first-order valence-corrected chi connectivity index (χ1v) is 6.32. The molecule has 0 amide bonds. The van der Waals surface area contributed by atoms with Gasteiger partial charge in [-0.05, 0) is 31.4 Å². The van der Waals surface area contributed by atoms with Crippen molar-refractivity contribution in [2.75, 3.05) is 0 Å². The van der Waals surface area contributed by atoms with E-state index in [1.165, 1.54) is 11.3 Å². The predicted octanol–water partition coefficient (Wildman–Crippen LogP) is 2.54. The third kappa shape index (κ3) is 1.64. The van der Waals surface area contributed by atoms with Crippen LogP contribution in [0.15, 0.2) is 24.5 Å². The van der Waals surface area contributed by atoms with Crippen LogP contribution in [0.25, 0.3) is 10.6 Å². The minimum Gasteiger partial charge on any atom is -0.323 e. The fraction of sp³-hybridized carbons (Fsp3) is 0.333. The molecule has 2 N–H and O–H groups in total. The van der Waals surface area contributed by atoms with Crippen molar-refractivity contribution in [2.24, 2.45) is 5.73 Å². The number of nitrogens with zero attached hydrogens (tertiary/aromatic N) is 2. The van der Waals surface area contributed by atoms with Crippen molar-refractivity contribution >= 4 is 11.3 Å². The smallest absolute Gasteiger partial charge is 0.125 e. The maximum atomic E-state index is 6.07. The van der Waals surface area contributed by atoms with Gasteiger partial charge in [-0.3, -0.25) is 4.98 Å². The number of nitrogens with two attached hydrogens (primary N) is 1. The zero-order valence-electron chi connectivity index (χ0n) is 8.89. The van der Waals surface area contributed by atoms with Crippen molar-refractivity contribution in [1.82, 2.24) is 9.97 Å². The second-order valence-corrected chi connectivity index (χ2v) is 5.15. The average Bonchev–Trinajstić information content (AvgIpc) is 2.76. The highest BCUT2D eigenvalue weighted by Crippen LogP contribution is 2.35. The Hall–Kier alpha value is -1.26. The number of thiazole rings is 1. The Morgan fingerprint density at radius 1 is 1.44 bits per heavy atom. The number of rotatable bonds is 1. The van der Waals surface area contributed by atoms with Gasteiger partial charge in [0.15, 0.2) is 0 Å². The second kappa shape index (κ2) is 3.96. The minimum absolute atomic E-state index is 0.130. The van der Waals surface area contributed by atoms with Crippen LogP contribution in [0.3, 0.4) is 0 Å². The molecule has 82 valence electrons. The highest BCUT2D eigenvalue weighted by Gasteiger charge is 2.21. The lowest BCUT2D eigenvalue weighted by molar-refractivity contribution is 0.564. The van der Waals surface area contributed by atoms with Crippen LogP contribution >= 0.6 is 11.3 Å². The monoisotopic (exact) mass is 231 g/mol. The summed E-state index contributed by atoms with van der Waals surface area (Å²) in [4.78, 5) is 10.1. The van der Waals surface area contributed by atoms with Gasteiger partial charge in [-0.15, -0.1) is 11.3 Å². The zero-order chi connectivity index (χ0) is 11.0. The molecule has 0 aliphatic heterocycles. The van der Waals surface area contributed by atoms with Gasteiger partial charge in [0.2, 0.25) is 0 Å². The molecular weight excluding hydrogens is 218 g/mol. The van der Waals surface area contributed by atoms with Crippen LogP contribution in [0.5, 0.6) is 0 Å². The van der Waals surface area contributed by atoms with Gasteiger partial charge >= 0.3 is 0 Å². The molecule has 0 bridgehead atoms. The Balaban J connectivity index is 2.05. The lowest BCUT2D eigenvalue weighted by Gasteiger charge is -2.15. The summed E-state index contributed by atoms with van der Waals surface area (Å²) in [5, 5.41) is 1.05. The van der Waals surface area contributed by atoms with E-state index in [1.54, 1.807) is 17.5 Å². The van der Waals surface area contributed by atoms with Crippen LogP contribution in [0, 0.1) is 0 Å². The van der Waals surface area contributed by atoms with Crippen molar-refractivity contribution in [2.45, 2.75) is 25.3 Å². The maximum Gasteiger partial charge on any atom is 0.125 e. The first-order valence-electron chi connectivity index (χ1n) is 5.50. The molecule has 1 aliphatic carbocycles. The third-order valence-electron chi connectivity index (χ3n) is 2.91. The summed E-state index contributed by atoms with van der Waals surface area (Å²) in [5.74, 6) is 0. The van der Waals surface area contributed by atoms with E-state index in [9.17, 15) is 0 Å². The van der Waals surface area contributed by atoms with Crippen molar-refractivity contribution in [3.8, 4) is 10.6 Å². The van der Waals surface area contributed by atoms with Crippen LogP contribution in [0.2, 0.25) is 0 Å². The lowest BCUT2D eigenvalue weighted by atomic mass is 9.99. The van der Waals surface area contributed by atoms with E-state index in [0.29, 0.717) is 0 Å². The van der Waals surface area contributed by atoms with Gasteiger partial charge in [-0.1, -0.05) is 0 Å². The Kier molecular flexibility index (Phi) is 2.46. The van der Waals surface area contributed by atoms with Crippen molar-refractivity contribution in [3.05, 3.63) is 35.1 Å². The van der Waals surface area contributed by atoms with Gasteiger partial charge in [0.25, 0.3) is 0 Å². The summed E-state index contributed by atoms with van der Waals surface area (Å²) in [6, 6.07) is 4.11. The van der Waals surface area contributed by atoms with E-state index in [-0.39, 0.29) is 6.04 Å². The maximum absolute atomic E-state index is 6.07. The van der Waals surface area contributed by atoms with E-state index >= 15 is 0 Å². The Labute approximate surface area is 98.4 Å². The van der Waals surface area contributed by atoms with E-state index in [2.05, 4.69) is 9.97 Å². The van der Waals surface area contributed by atoms with Crippen molar-refractivity contribution in [3.63, 3.8) is 0 Å². The molecule has 2 aromatic rings. The van der Waals surface area contributed by atoms with Gasteiger partial charge in [-0.25, -0.2) is 4.98 Å². The summed E-state index contributed by atoms with van der Waals surface area (Å²) in [5.41, 5.74) is 8.26. The first-order chi connectivity index (χ1) is 7.84. The summed E-state index contributed by atoms with van der Waals surface area (Å²) in [6.07, 6.45) is 7.01. The number of hydrogen-bond acceptors (Lipinski definition) is 4. The number of aromatic nitrogens is 2. The molecule has 0 saturated heterocycles. The molecule has 1 unspecified atom stereocenters. The number of fused-ring (bicyclic) bond motifs is 1. The van der Waals surface area contributed by atoms with E-state index in [1.807, 2.05) is 18.3 Å². The second-order valence-electron chi connectivity index (χ2n) is 4.07. The van der Waals surface area contributed by atoms with Crippen LogP contribution in [-0.2, 0) is 6.42 Å². The SMILES string of the molecule is NC1CCCc2sc(-c3cccnc3)nc21. The van der Waals surface area contributed by atoms with Gasteiger partial charge in [0.1, 0.15) is 5.01 Å². The molecule has 0 radical (unpaired) electrons. The Bertz CT molecular complexity index is 492. The molecule has 2 heterocycles. The van der Waals surface area contributed by atoms with Crippen LogP contribution < -0.4 is 5.73 Å². The van der Waals surface area contributed by atoms with E-state index < -0.39 is 0 Å². The fourth-order valence-electron chi connectivity index (χ4n) is 2.06. The quantitative estimate of drug-likeness (QED) is 0.820. The van der Waals surface area contributed by atoms with Gasteiger partial charge in [0, 0.05) is 28.9 Å². The molecule has 1 atom stereocenters. The Morgan fingerprint density at radius 2 is 2.38 bits per heavy atom. The van der Waals surface area contributed by atoms with Crippen molar-refractivity contribution in [1.29, 1.82) is 0 Å². The molecule has 16 heavy (non-hydrogen) atoms. The largest absolute Gasteiger partial charge is 0.323 e. The summed E-state index contributed by atoms with van der Waals surface area (Å²) >= 11 is 1.76. The summed E-state index contributed by atoms with van der Waals surface area (Å²) < 4.78 is 0. The highest BCUT2D eigenvalue weighted by atomic mass is 32.1. The number of aryl methyl sites for hydroxylation is 1. The van der Waals surface area contributed by atoms with Gasteiger partial charge in [-0.2, -0.15) is 0 Å². The molecule has 3 nitrogen and oxygen atoms in total. The Morgan fingerprint density at radius 3 is 3.12 bits per heavy atom. The van der Waals surface area contributed by atoms with Crippen LogP contribution in [0.4, 0.5) is 0 Å².